The number of fused-ring (bicyclic) bond motifs is 1. The average Bonchev–Trinajstić information content (AvgIpc) is 3.49. The molecule has 2 aromatic carbocycles. The van der Waals surface area contributed by atoms with Crippen LogP contribution in [0.5, 0.6) is 11.5 Å². The number of aldehydes is 1. The van der Waals surface area contributed by atoms with E-state index < -0.39 is 0 Å². The molecule has 5 rings (SSSR count). The second-order valence-corrected chi connectivity index (χ2v) is 7.87. The van der Waals surface area contributed by atoms with Crippen molar-refractivity contribution in [3.05, 3.63) is 48.0 Å². The summed E-state index contributed by atoms with van der Waals surface area (Å²) in [5, 5.41) is 0. The first-order valence-electron chi connectivity index (χ1n) is 10.3. The van der Waals surface area contributed by atoms with Gasteiger partial charge in [0.1, 0.15) is 29.4 Å². The maximum Gasteiger partial charge on any atom is 0.298 e. The number of piperidine rings is 1. The van der Waals surface area contributed by atoms with Gasteiger partial charge in [0.2, 0.25) is 0 Å². The Hall–Kier alpha value is -3.02. The highest BCUT2D eigenvalue weighted by atomic mass is 16.5. The van der Waals surface area contributed by atoms with Gasteiger partial charge < -0.3 is 18.8 Å². The molecule has 0 amide bonds. The highest BCUT2D eigenvalue weighted by molar-refractivity contribution is 5.84. The molecule has 1 aliphatic carbocycles. The van der Waals surface area contributed by atoms with Crippen molar-refractivity contribution in [3.63, 3.8) is 0 Å². The Kier molecular flexibility index (Phi) is 4.84. The summed E-state index contributed by atoms with van der Waals surface area (Å²) < 4.78 is 17.9. The van der Waals surface area contributed by atoms with Crippen molar-refractivity contribution in [2.45, 2.75) is 31.8 Å². The van der Waals surface area contributed by atoms with E-state index in [1.165, 1.54) is 12.8 Å². The smallest absolute Gasteiger partial charge is 0.298 e. The summed E-state index contributed by atoms with van der Waals surface area (Å²) >= 11 is 0. The number of hydrogen-bond donors (Lipinski definition) is 0. The van der Waals surface area contributed by atoms with Gasteiger partial charge in [-0.1, -0.05) is 6.07 Å². The largest absolute Gasteiger partial charge is 0.493 e. The van der Waals surface area contributed by atoms with E-state index in [1.54, 1.807) is 12.1 Å². The summed E-state index contributed by atoms with van der Waals surface area (Å²) in [6.45, 7) is 2.44. The molecule has 0 bridgehead atoms. The van der Waals surface area contributed by atoms with Crippen LogP contribution < -0.4 is 14.4 Å². The Bertz CT molecular complexity index is 1000. The molecule has 0 unspecified atom stereocenters. The number of hydrogen-bond acceptors (Lipinski definition) is 6. The molecule has 0 radical (unpaired) electrons. The number of benzene rings is 2. The maximum absolute atomic E-state index is 10.9. The normalized spacial score (nSPS) is 17.4. The van der Waals surface area contributed by atoms with Crippen molar-refractivity contribution in [1.82, 2.24) is 4.98 Å². The molecule has 6 nitrogen and oxygen atoms in total. The zero-order valence-corrected chi connectivity index (χ0v) is 16.3. The summed E-state index contributed by atoms with van der Waals surface area (Å²) in [4.78, 5) is 17.6. The van der Waals surface area contributed by atoms with E-state index in [2.05, 4.69) is 9.88 Å². The number of anilines is 1. The van der Waals surface area contributed by atoms with E-state index in [4.69, 9.17) is 13.9 Å². The zero-order chi connectivity index (χ0) is 19.6. The van der Waals surface area contributed by atoms with E-state index in [-0.39, 0.29) is 6.10 Å². The minimum atomic E-state index is 0.163. The third-order valence-corrected chi connectivity index (χ3v) is 5.54. The highest BCUT2D eigenvalue weighted by Gasteiger charge is 2.24. The van der Waals surface area contributed by atoms with Crippen molar-refractivity contribution >= 4 is 23.4 Å². The predicted octanol–water partition coefficient (Wildman–Crippen LogP) is 4.48. The van der Waals surface area contributed by atoms with Crippen LogP contribution in [0, 0.1) is 5.92 Å². The quantitative estimate of drug-likeness (QED) is 0.553. The van der Waals surface area contributed by atoms with E-state index in [1.807, 2.05) is 30.3 Å². The summed E-state index contributed by atoms with van der Waals surface area (Å²) in [5.41, 5.74) is 2.01. The number of nitrogens with zero attached hydrogens (tertiary/aromatic N) is 2. The number of aromatic nitrogens is 1. The van der Waals surface area contributed by atoms with Crippen LogP contribution in [0.2, 0.25) is 0 Å². The van der Waals surface area contributed by atoms with Gasteiger partial charge in [-0.3, -0.25) is 4.79 Å². The average molecular weight is 392 g/mol. The number of oxazole rings is 1. The third kappa shape index (κ3) is 4.21. The molecular formula is C23H24N2O4. The fourth-order valence-corrected chi connectivity index (χ4v) is 3.63. The Morgan fingerprint density at radius 3 is 2.69 bits per heavy atom. The van der Waals surface area contributed by atoms with Crippen LogP contribution in [0.15, 0.2) is 46.9 Å². The predicted molar refractivity (Wildman–Crippen MR) is 110 cm³/mol. The molecular weight excluding hydrogens is 368 g/mol. The van der Waals surface area contributed by atoms with Crippen LogP contribution in [0.1, 0.15) is 36.0 Å². The van der Waals surface area contributed by atoms with Crippen molar-refractivity contribution in [1.29, 1.82) is 0 Å². The van der Waals surface area contributed by atoms with Gasteiger partial charge in [0.05, 0.1) is 6.61 Å². The first kappa shape index (κ1) is 18.0. The van der Waals surface area contributed by atoms with Gasteiger partial charge in [-0.2, -0.15) is 4.98 Å². The SMILES string of the molecule is O=Cc1ccc2nc(N3CCC(Oc4cccc(OCC5CC5)c4)CC3)oc2c1. The van der Waals surface area contributed by atoms with Gasteiger partial charge in [-0.15, -0.1) is 0 Å². The van der Waals surface area contributed by atoms with E-state index in [0.717, 1.165) is 61.8 Å². The van der Waals surface area contributed by atoms with Crippen molar-refractivity contribution in [2.24, 2.45) is 5.92 Å². The van der Waals surface area contributed by atoms with Crippen LogP contribution in [-0.2, 0) is 0 Å². The van der Waals surface area contributed by atoms with E-state index in [0.29, 0.717) is 17.2 Å². The minimum Gasteiger partial charge on any atom is -0.493 e. The van der Waals surface area contributed by atoms with Gasteiger partial charge in [-0.05, 0) is 49.1 Å². The van der Waals surface area contributed by atoms with E-state index in [9.17, 15) is 4.79 Å². The number of ether oxygens (including phenoxy) is 2. The monoisotopic (exact) mass is 392 g/mol. The molecule has 2 heterocycles. The van der Waals surface area contributed by atoms with Crippen molar-refractivity contribution < 1.29 is 18.7 Å². The second-order valence-electron chi connectivity index (χ2n) is 7.87. The third-order valence-electron chi connectivity index (χ3n) is 5.54. The van der Waals surface area contributed by atoms with Gasteiger partial charge in [0, 0.05) is 37.6 Å². The summed E-state index contributed by atoms with van der Waals surface area (Å²) in [6.07, 6.45) is 5.34. The van der Waals surface area contributed by atoms with Crippen LogP contribution in [0.25, 0.3) is 11.1 Å². The molecule has 1 aromatic heterocycles. The Morgan fingerprint density at radius 1 is 1.07 bits per heavy atom. The van der Waals surface area contributed by atoms with Crippen molar-refractivity contribution in [3.8, 4) is 11.5 Å². The fraction of sp³-hybridized carbons (Fsp3) is 0.391. The number of carbonyl (C=O) groups is 1. The first-order chi connectivity index (χ1) is 14.3. The topological polar surface area (TPSA) is 64.8 Å². The number of carbonyl (C=O) groups excluding carboxylic acids is 1. The van der Waals surface area contributed by atoms with Gasteiger partial charge >= 0.3 is 0 Å². The van der Waals surface area contributed by atoms with Gasteiger partial charge in [0.25, 0.3) is 6.01 Å². The minimum absolute atomic E-state index is 0.163. The lowest BCUT2D eigenvalue weighted by Crippen LogP contribution is -2.38. The molecule has 0 spiro atoms. The highest BCUT2D eigenvalue weighted by Crippen LogP contribution is 2.31. The molecule has 1 aliphatic heterocycles. The molecule has 0 N–H and O–H groups in total. The second kappa shape index (κ2) is 7.78. The molecule has 2 aliphatic rings. The first-order valence-corrected chi connectivity index (χ1v) is 10.3. The lowest BCUT2D eigenvalue weighted by atomic mass is 10.1. The lowest BCUT2D eigenvalue weighted by Gasteiger charge is -2.31. The summed E-state index contributed by atoms with van der Waals surface area (Å²) in [5.74, 6) is 2.48. The Balaban J connectivity index is 1.18. The molecule has 150 valence electrons. The van der Waals surface area contributed by atoms with Crippen molar-refractivity contribution in [2.75, 3.05) is 24.6 Å². The Labute approximate surface area is 169 Å². The molecule has 1 saturated heterocycles. The maximum atomic E-state index is 10.9. The van der Waals surface area contributed by atoms with Gasteiger partial charge in [-0.25, -0.2) is 0 Å². The lowest BCUT2D eigenvalue weighted by molar-refractivity contribution is 0.112. The standard InChI is InChI=1S/C23H24N2O4/c26-14-17-6-7-21-22(12-17)29-23(24-21)25-10-8-18(9-11-25)28-20-3-1-2-19(13-20)27-15-16-4-5-16/h1-3,6-7,12-14,16,18H,4-5,8-11,15H2. The fourth-order valence-electron chi connectivity index (χ4n) is 3.63. The molecule has 0 atom stereocenters. The van der Waals surface area contributed by atoms with E-state index >= 15 is 0 Å². The van der Waals surface area contributed by atoms with Crippen LogP contribution >= 0.6 is 0 Å². The molecule has 2 fully saturated rings. The summed E-state index contributed by atoms with van der Waals surface area (Å²) in [7, 11) is 0. The Morgan fingerprint density at radius 2 is 1.90 bits per heavy atom. The molecule has 1 saturated carbocycles. The molecule has 29 heavy (non-hydrogen) atoms. The number of rotatable bonds is 7. The molecule has 3 aromatic rings. The molecule has 6 heteroatoms. The van der Waals surface area contributed by atoms with Gasteiger partial charge in [0.15, 0.2) is 5.58 Å². The summed E-state index contributed by atoms with van der Waals surface area (Å²) in [6, 6.07) is 13.9. The van der Waals surface area contributed by atoms with Crippen LogP contribution in [0.4, 0.5) is 6.01 Å². The zero-order valence-electron chi connectivity index (χ0n) is 16.3. The van der Waals surface area contributed by atoms with Crippen LogP contribution in [0.3, 0.4) is 0 Å². The van der Waals surface area contributed by atoms with Crippen LogP contribution in [-0.4, -0.2) is 37.1 Å².